The molecule has 56 heavy (non-hydrogen) atoms. The van der Waals surface area contributed by atoms with Crippen molar-refractivity contribution in [3.63, 3.8) is 0 Å². The van der Waals surface area contributed by atoms with E-state index in [0.717, 1.165) is 93.7 Å². The van der Waals surface area contributed by atoms with Gasteiger partial charge in [0.1, 0.15) is 11.4 Å². The Kier molecular flexibility index (Phi) is 36.4. The van der Waals surface area contributed by atoms with Crippen molar-refractivity contribution in [3.8, 4) is 5.75 Å². The molecule has 0 bridgehead atoms. The summed E-state index contributed by atoms with van der Waals surface area (Å²) in [4.78, 5) is 10.4. The molecule has 0 amide bonds. The van der Waals surface area contributed by atoms with Crippen LogP contribution in [0.5, 0.6) is 5.75 Å². The van der Waals surface area contributed by atoms with Crippen LogP contribution in [-0.4, -0.2) is 10.00 Å². The van der Waals surface area contributed by atoms with Gasteiger partial charge in [-0.25, -0.2) is 0 Å². The maximum Gasteiger partial charge on any atom is 0.317 e. The molecule has 0 heterocycles. The maximum atomic E-state index is 12.6. The van der Waals surface area contributed by atoms with Gasteiger partial charge in [-0.3, -0.25) is 9.09 Å². The Labute approximate surface area is 350 Å². The number of phenolic OH excluding ortho intramolecular Hbond substituents is 1. The second-order valence-corrected chi connectivity index (χ2v) is 18.6. The van der Waals surface area contributed by atoms with Crippen LogP contribution in [0.2, 0.25) is 0 Å². The van der Waals surface area contributed by atoms with Crippen molar-refractivity contribution in [2.45, 2.75) is 290 Å². The highest BCUT2D eigenvalue weighted by Gasteiger charge is 2.35. The molecule has 1 atom stereocenters. The monoisotopic (exact) mass is 805 g/mol. The first-order valence-electron chi connectivity index (χ1n) is 25.2. The Morgan fingerprint density at radius 1 is 0.429 bits per heavy atom. The summed E-state index contributed by atoms with van der Waals surface area (Å²) in [5.74, 6) is 0.436. The van der Waals surface area contributed by atoms with Crippen LogP contribution in [-0.2, 0) is 27.5 Å². The van der Waals surface area contributed by atoms with Crippen molar-refractivity contribution in [3.05, 3.63) is 28.8 Å². The van der Waals surface area contributed by atoms with E-state index < -0.39 is 13.9 Å². The van der Waals surface area contributed by atoms with E-state index in [4.69, 9.17) is 4.52 Å². The van der Waals surface area contributed by atoms with Crippen molar-refractivity contribution in [2.75, 3.05) is 0 Å². The number of unbranched alkanes of at least 4 members (excludes halogenated alkanes) is 32. The van der Waals surface area contributed by atoms with Gasteiger partial charge in [-0.15, -0.1) is 0 Å². The number of rotatable bonds is 43. The molecule has 0 saturated heterocycles. The molecule has 0 aromatic heterocycles. The molecule has 4 nitrogen and oxygen atoms in total. The Bertz CT molecular complexity index is 960. The largest absolute Gasteiger partial charge is 0.507 e. The van der Waals surface area contributed by atoms with Crippen molar-refractivity contribution in [2.24, 2.45) is 0 Å². The van der Waals surface area contributed by atoms with E-state index in [-0.39, 0.29) is 0 Å². The molecule has 2 N–H and O–H groups in total. The van der Waals surface area contributed by atoms with E-state index in [0.29, 0.717) is 5.75 Å². The highest BCUT2D eigenvalue weighted by atomic mass is 31.1. The average Bonchev–Trinajstić information content (AvgIpc) is 3.19. The first-order valence-corrected chi connectivity index (χ1v) is 26.5. The summed E-state index contributed by atoms with van der Waals surface area (Å²) in [5, 5.41) is 11.3. The fraction of sp³-hybridized carbons (Fsp3) is 0.882. The van der Waals surface area contributed by atoms with E-state index in [9.17, 15) is 14.6 Å². The quantitative estimate of drug-likeness (QED) is 0.0510. The number of hydrogen-bond donors (Lipinski definition) is 2. The van der Waals surface area contributed by atoms with Gasteiger partial charge >= 0.3 is 8.25 Å². The van der Waals surface area contributed by atoms with Crippen LogP contribution in [0.1, 0.15) is 288 Å². The molecule has 330 valence electrons. The van der Waals surface area contributed by atoms with Gasteiger partial charge in [0.25, 0.3) is 0 Å². The van der Waals surface area contributed by atoms with Gasteiger partial charge in [0.2, 0.25) is 0 Å². The molecule has 0 spiro atoms. The number of aromatic hydroxyl groups is 1. The van der Waals surface area contributed by atoms with E-state index in [1.165, 1.54) is 180 Å². The van der Waals surface area contributed by atoms with Crippen LogP contribution < -0.4 is 0 Å². The molecule has 0 aliphatic carbocycles. The van der Waals surface area contributed by atoms with Crippen LogP contribution in [0.15, 0.2) is 12.1 Å². The number of aryl methyl sites for hydroxylation is 2. The minimum atomic E-state index is -3.16. The lowest BCUT2D eigenvalue weighted by Crippen LogP contribution is -2.28. The average molecular weight is 805 g/mol. The number of hydrogen-bond acceptors (Lipinski definition) is 3. The van der Waals surface area contributed by atoms with Crippen molar-refractivity contribution in [1.82, 2.24) is 0 Å². The molecule has 0 fully saturated rings. The van der Waals surface area contributed by atoms with Gasteiger partial charge in [-0.2, -0.15) is 0 Å². The lowest BCUT2D eigenvalue weighted by atomic mass is 9.81. The molecule has 0 radical (unpaired) electrons. The third kappa shape index (κ3) is 27.8. The van der Waals surface area contributed by atoms with Crippen molar-refractivity contribution < 1.29 is 19.1 Å². The summed E-state index contributed by atoms with van der Waals surface area (Å²) < 4.78 is 18.9. The molecule has 0 saturated carbocycles. The second kappa shape index (κ2) is 38.4. The molecule has 1 aromatic rings. The van der Waals surface area contributed by atoms with E-state index in [2.05, 4.69) is 39.8 Å². The van der Waals surface area contributed by atoms with Gasteiger partial charge in [0, 0.05) is 0 Å². The van der Waals surface area contributed by atoms with Gasteiger partial charge in [-0.05, 0) is 67.3 Å². The Balaban J connectivity index is 2.70. The Hall–Kier alpha value is -0.830. The predicted octanol–water partition coefficient (Wildman–Crippen LogP) is 18.0. The number of benzene rings is 1. The minimum Gasteiger partial charge on any atom is -0.507 e. The molecular weight excluding hydrogens is 708 g/mol. The van der Waals surface area contributed by atoms with Crippen LogP contribution in [0.4, 0.5) is 0 Å². The van der Waals surface area contributed by atoms with Crippen LogP contribution in [0.3, 0.4) is 0 Å². The van der Waals surface area contributed by atoms with Crippen LogP contribution in [0, 0.1) is 0 Å². The first-order chi connectivity index (χ1) is 27.4. The summed E-state index contributed by atoms with van der Waals surface area (Å²) in [6.07, 6.45) is 50.0. The molecule has 1 rings (SSSR count). The van der Waals surface area contributed by atoms with Gasteiger partial charge in [0.05, 0.1) is 0 Å². The van der Waals surface area contributed by atoms with E-state index >= 15 is 0 Å². The zero-order valence-corrected chi connectivity index (χ0v) is 39.1. The van der Waals surface area contributed by atoms with E-state index in [1.54, 1.807) is 0 Å². The van der Waals surface area contributed by atoms with Crippen LogP contribution in [0.25, 0.3) is 0 Å². The zero-order valence-electron chi connectivity index (χ0n) is 38.1. The molecule has 5 heteroatoms. The minimum absolute atomic E-state index is 0.436. The molecule has 1 aromatic carbocycles. The normalized spacial score (nSPS) is 12.5. The topological polar surface area (TPSA) is 66.8 Å². The fourth-order valence-electron chi connectivity index (χ4n) is 8.80. The lowest BCUT2D eigenvalue weighted by molar-refractivity contribution is 0.0378. The van der Waals surface area contributed by atoms with Gasteiger partial charge in [0.15, 0.2) is 0 Å². The molecule has 1 unspecified atom stereocenters. The summed E-state index contributed by atoms with van der Waals surface area (Å²) in [5.41, 5.74) is 2.23. The second-order valence-electron chi connectivity index (χ2n) is 17.8. The highest BCUT2D eigenvalue weighted by Crippen LogP contribution is 2.45. The highest BCUT2D eigenvalue weighted by molar-refractivity contribution is 7.32. The van der Waals surface area contributed by atoms with E-state index in [1.807, 2.05) is 0 Å². The third-order valence-corrected chi connectivity index (χ3v) is 13.1. The zero-order chi connectivity index (χ0) is 40.8. The first kappa shape index (κ1) is 53.2. The third-order valence-electron chi connectivity index (χ3n) is 12.5. The smallest absolute Gasteiger partial charge is 0.317 e. The lowest BCUT2D eigenvalue weighted by Gasteiger charge is -2.35. The molecule has 0 aliphatic heterocycles. The van der Waals surface area contributed by atoms with Crippen molar-refractivity contribution >= 4 is 8.25 Å². The SMILES string of the molecule is CCCCCCCCCCCCCCCCCCC(CCCCCCCCCCCCCCCCCC)(O[PH](=O)O)c1cc(CCCC)c(O)c(CCCC)c1. The Morgan fingerprint density at radius 2 is 0.679 bits per heavy atom. The number of phenols is 1. The Morgan fingerprint density at radius 3 is 0.929 bits per heavy atom. The van der Waals surface area contributed by atoms with Crippen LogP contribution >= 0.6 is 8.25 Å². The predicted molar refractivity (Wildman–Crippen MR) is 248 cm³/mol. The summed E-state index contributed by atoms with van der Waals surface area (Å²) in [7, 11) is -3.16. The fourth-order valence-corrected chi connectivity index (χ4v) is 9.45. The summed E-state index contributed by atoms with van der Waals surface area (Å²) in [6, 6.07) is 4.29. The van der Waals surface area contributed by atoms with Gasteiger partial charge in [-0.1, -0.05) is 246 Å². The summed E-state index contributed by atoms with van der Waals surface area (Å²) >= 11 is 0. The van der Waals surface area contributed by atoms with Gasteiger partial charge < -0.3 is 10.00 Å². The standard InChI is InChI=1S/C51H97O4P/c1-5-9-13-15-17-19-21-23-25-27-29-31-33-35-37-39-43-51(55-56(53)54,49-45-47(41-11-7-3)50(52)48(46-49)42-12-8-4)44-40-38-36-34-32-30-28-26-24-22-20-18-16-14-10-6-2/h45-46,52,56H,5-44H2,1-4H3,(H,53,54). The van der Waals surface area contributed by atoms with Crippen molar-refractivity contribution in [1.29, 1.82) is 0 Å². The molecule has 0 aliphatic rings. The summed E-state index contributed by atoms with van der Waals surface area (Å²) in [6.45, 7) is 8.97. The molecular formula is C51H97O4P. The maximum absolute atomic E-state index is 12.6.